The average Bonchev–Trinajstić information content (AvgIpc) is 2.56. The van der Waals surface area contributed by atoms with Gasteiger partial charge in [0.2, 0.25) is 5.91 Å². The number of carbonyl (C=O) groups excluding carboxylic acids is 1. The minimum absolute atomic E-state index is 0.01000. The molecule has 5 nitrogen and oxygen atoms in total. The first kappa shape index (κ1) is 11.1. The number of carbonyl (C=O) groups is 1. The van der Waals surface area contributed by atoms with Gasteiger partial charge in [-0.15, -0.1) is 5.10 Å². The van der Waals surface area contributed by atoms with E-state index in [-0.39, 0.29) is 5.91 Å². The van der Waals surface area contributed by atoms with Crippen molar-refractivity contribution in [2.45, 2.75) is 26.3 Å². The van der Waals surface area contributed by atoms with Gasteiger partial charge in [-0.2, -0.15) is 0 Å². The van der Waals surface area contributed by atoms with Crippen LogP contribution in [-0.4, -0.2) is 28.1 Å². The third kappa shape index (κ3) is 4.29. The van der Waals surface area contributed by atoms with E-state index in [4.69, 9.17) is 0 Å². The smallest absolute Gasteiger partial charge is 0.226 e. The fourth-order valence-corrected chi connectivity index (χ4v) is 1.33. The summed E-state index contributed by atoms with van der Waals surface area (Å²) >= 11 is 1.18. The predicted octanol–water partition coefficient (Wildman–Crippen LogP) is 0.865. The lowest BCUT2D eigenvalue weighted by Crippen LogP contribution is -2.27. The molecule has 0 saturated carbocycles. The van der Waals surface area contributed by atoms with E-state index < -0.39 is 0 Å². The van der Waals surface area contributed by atoms with E-state index in [2.05, 4.69) is 20.2 Å². The Hall–Kier alpha value is -1.01. The summed E-state index contributed by atoms with van der Waals surface area (Å²) in [4.78, 5) is 11.3. The fourth-order valence-electron chi connectivity index (χ4n) is 0.897. The molecule has 2 N–H and O–H groups in total. The maximum atomic E-state index is 11.3. The average molecular weight is 214 g/mol. The van der Waals surface area contributed by atoms with Crippen LogP contribution in [0.3, 0.4) is 0 Å². The Labute approximate surface area is 87.1 Å². The highest BCUT2D eigenvalue weighted by Crippen LogP contribution is 2.08. The summed E-state index contributed by atoms with van der Waals surface area (Å²) in [6, 6.07) is 0.410. The van der Waals surface area contributed by atoms with Crippen LogP contribution in [0.4, 0.5) is 5.00 Å². The van der Waals surface area contributed by atoms with Gasteiger partial charge >= 0.3 is 0 Å². The zero-order chi connectivity index (χ0) is 10.4. The lowest BCUT2D eigenvalue weighted by atomic mass is 10.3. The monoisotopic (exact) mass is 214 g/mol. The van der Waals surface area contributed by atoms with E-state index in [1.807, 2.05) is 13.8 Å². The number of anilines is 1. The molecule has 0 unspecified atom stereocenters. The Balaban J connectivity index is 2.17. The van der Waals surface area contributed by atoms with Crippen molar-refractivity contribution >= 4 is 22.4 Å². The first-order chi connectivity index (χ1) is 6.68. The number of aromatic nitrogens is 2. The van der Waals surface area contributed by atoms with Crippen LogP contribution in [0, 0.1) is 0 Å². The summed E-state index contributed by atoms with van der Waals surface area (Å²) < 4.78 is 3.65. The van der Waals surface area contributed by atoms with Crippen molar-refractivity contribution in [1.82, 2.24) is 14.9 Å². The van der Waals surface area contributed by atoms with Gasteiger partial charge in [-0.3, -0.25) is 4.79 Å². The molecule has 0 atom stereocenters. The van der Waals surface area contributed by atoms with Gasteiger partial charge in [0, 0.05) is 30.5 Å². The van der Waals surface area contributed by atoms with Crippen LogP contribution in [0.15, 0.2) is 6.20 Å². The minimum atomic E-state index is -0.01000. The van der Waals surface area contributed by atoms with Crippen molar-refractivity contribution in [3.05, 3.63) is 6.20 Å². The Morgan fingerprint density at radius 1 is 1.64 bits per heavy atom. The van der Waals surface area contributed by atoms with E-state index in [1.54, 1.807) is 6.20 Å². The molecule has 1 heterocycles. The van der Waals surface area contributed by atoms with E-state index >= 15 is 0 Å². The van der Waals surface area contributed by atoms with E-state index in [0.29, 0.717) is 24.0 Å². The van der Waals surface area contributed by atoms with Crippen LogP contribution in [0.1, 0.15) is 20.3 Å². The second kappa shape index (κ2) is 5.66. The third-order valence-electron chi connectivity index (χ3n) is 1.53. The molecule has 0 radical (unpaired) electrons. The highest BCUT2D eigenvalue weighted by Gasteiger charge is 2.03. The number of hydrogen-bond donors (Lipinski definition) is 2. The summed E-state index contributed by atoms with van der Waals surface area (Å²) in [5.41, 5.74) is 0. The molecule has 1 rings (SSSR count). The summed E-state index contributed by atoms with van der Waals surface area (Å²) in [6.07, 6.45) is 2.01. The second-order valence-corrected chi connectivity index (χ2v) is 3.97. The van der Waals surface area contributed by atoms with E-state index in [1.165, 1.54) is 11.5 Å². The molecule has 0 bridgehead atoms. The summed E-state index contributed by atoms with van der Waals surface area (Å²) in [6.45, 7) is 4.78. The highest BCUT2D eigenvalue weighted by molar-refractivity contribution is 7.10. The lowest BCUT2D eigenvalue weighted by molar-refractivity contribution is -0.116. The molecule has 0 spiro atoms. The molecule has 0 aliphatic carbocycles. The summed E-state index contributed by atoms with van der Waals surface area (Å²) in [7, 11) is 0. The normalized spacial score (nSPS) is 10.5. The predicted molar refractivity (Wildman–Crippen MR) is 56.3 cm³/mol. The number of rotatable bonds is 5. The van der Waals surface area contributed by atoms with Crippen LogP contribution in [-0.2, 0) is 4.79 Å². The lowest BCUT2D eigenvalue weighted by Gasteiger charge is -2.06. The molecular weight excluding hydrogens is 200 g/mol. The molecule has 1 aromatic heterocycles. The largest absolute Gasteiger partial charge is 0.315 e. The number of hydrogen-bond acceptors (Lipinski definition) is 5. The Kier molecular flexibility index (Phi) is 4.48. The number of nitrogens with zero attached hydrogens (tertiary/aromatic N) is 2. The van der Waals surface area contributed by atoms with Crippen molar-refractivity contribution in [2.75, 3.05) is 11.9 Å². The zero-order valence-corrected chi connectivity index (χ0v) is 9.10. The van der Waals surface area contributed by atoms with Gasteiger partial charge in [0.1, 0.15) is 5.00 Å². The van der Waals surface area contributed by atoms with Crippen molar-refractivity contribution in [2.24, 2.45) is 0 Å². The molecule has 1 aromatic rings. The zero-order valence-electron chi connectivity index (χ0n) is 8.28. The highest BCUT2D eigenvalue weighted by atomic mass is 32.1. The van der Waals surface area contributed by atoms with Crippen molar-refractivity contribution in [3.8, 4) is 0 Å². The van der Waals surface area contributed by atoms with Gasteiger partial charge in [0.15, 0.2) is 0 Å². The molecule has 1 amide bonds. The maximum Gasteiger partial charge on any atom is 0.226 e. The van der Waals surface area contributed by atoms with E-state index in [9.17, 15) is 4.79 Å². The van der Waals surface area contributed by atoms with Crippen molar-refractivity contribution in [3.63, 3.8) is 0 Å². The van der Waals surface area contributed by atoms with Crippen LogP contribution in [0.25, 0.3) is 0 Å². The molecule has 6 heteroatoms. The first-order valence-corrected chi connectivity index (χ1v) is 5.26. The SMILES string of the molecule is CC(C)NCCC(=O)Nc1cnns1. The molecule has 0 aromatic carbocycles. The Morgan fingerprint density at radius 3 is 3.00 bits per heavy atom. The fraction of sp³-hybridized carbons (Fsp3) is 0.625. The molecule has 0 saturated heterocycles. The van der Waals surface area contributed by atoms with Crippen LogP contribution in [0.5, 0.6) is 0 Å². The van der Waals surface area contributed by atoms with Crippen LogP contribution < -0.4 is 10.6 Å². The van der Waals surface area contributed by atoms with Gasteiger partial charge in [-0.1, -0.05) is 18.3 Å². The topological polar surface area (TPSA) is 66.9 Å². The van der Waals surface area contributed by atoms with Gasteiger partial charge < -0.3 is 10.6 Å². The molecular formula is C8H14N4OS. The van der Waals surface area contributed by atoms with Gasteiger partial charge in [0.25, 0.3) is 0 Å². The first-order valence-electron chi connectivity index (χ1n) is 4.49. The molecule has 0 aliphatic heterocycles. The van der Waals surface area contributed by atoms with E-state index in [0.717, 1.165) is 0 Å². The van der Waals surface area contributed by atoms with Gasteiger partial charge in [-0.25, -0.2) is 0 Å². The molecule has 0 fully saturated rings. The summed E-state index contributed by atoms with van der Waals surface area (Å²) in [5, 5.41) is 10.2. The van der Waals surface area contributed by atoms with Crippen LogP contribution in [0.2, 0.25) is 0 Å². The van der Waals surface area contributed by atoms with Gasteiger partial charge in [-0.05, 0) is 0 Å². The van der Waals surface area contributed by atoms with Crippen molar-refractivity contribution < 1.29 is 4.79 Å². The summed E-state index contributed by atoms with van der Waals surface area (Å²) in [5.74, 6) is -0.01000. The quantitative estimate of drug-likeness (QED) is 0.763. The second-order valence-electron chi connectivity index (χ2n) is 3.19. The number of nitrogens with one attached hydrogen (secondary N) is 2. The standard InChI is InChI=1S/C8H14N4OS/c1-6(2)9-4-3-7(13)11-8-5-10-12-14-8/h5-6,9H,3-4H2,1-2H3,(H,11,13). The Morgan fingerprint density at radius 2 is 2.43 bits per heavy atom. The molecule has 78 valence electrons. The van der Waals surface area contributed by atoms with Crippen molar-refractivity contribution in [1.29, 1.82) is 0 Å². The Bertz CT molecular complexity index is 273. The number of amides is 1. The molecule has 14 heavy (non-hydrogen) atoms. The molecule has 0 aliphatic rings. The minimum Gasteiger partial charge on any atom is -0.315 e. The third-order valence-corrected chi connectivity index (χ3v) is 2.11. The van der Waals surface area contributed by atoms with Gasteiger partial charge in [0.05, 0.1) is 6.20 Å². The maximum absolute atomic E-state index is 11.3. The van der Waals surface area contributed by atoms with Crippen LogP contribution >= 0.6 is 11.5 Å².